The van der Waals surface area contributed by atoms with Gasteiger partial charge in [-0.1, -0.05) is 0 Å². The Kier molecular flexibility index (Phi) is 6.80. The number of nitrogens with zero attached hydrogens (tertiary/aromatic N) is 5. The molecule has 0 radical (unpaired) electrons. The first-order chi connectivity index (χ1) is 12.7. The van der Waals surface area contributed by atoms with Crippen LogP contribution in [-0.2, 0) is 11.3 Å². The lowest BCUT2D eigenvalue weighted by molar-refractivity contribution is -0.135. The van der Waals surface area contributed by atoms with Gasteiger partial charge in [-0.2, -0.15) is 0 Å². The minimum atomic E-state index is 0.0241. The van der Waals surface area contributed by atoms with E-state index in [1.165, 1.54) is 12.8 Å². The molecule has 3 rings (SSSR count). The van der Waals surface area contributed by atoms with Crippen LogP contribution in [0.5, 0.6) is 0 Å². The standard InChI is InChI=1S/C19H32N6O/c1-3-20-19-21-13-17(14-22-19)15-23-7-6-10-25(12-11-23)18(26)16(2)24-8-4-5-9-24/h13-14,16H,3-12,15H2,1-2H3,(H,20,21,22). The number of rotatable bonds is 6. The Bertz CT molecular complexity index is 572. The van der Waals surface area contributed by atoms with Crippen LogP contribution < -0.4 is 5.32 Å². The second-order valence-electron chi connectivity index (χ2n) is 7.32. The lowest BCUT2D eigenvalue weighted by atomic mass is 10.2. The topological polar surface area (TPSA) is 64.6 Å². The van der Waals surface area contributed by atoms with Gasteiger partial charge in [-0.3, -0.25) is 14.6 Å². The lowest BCUT2D eigenvalue weighted by Gasteiger charge is -2.29. The fourth-order valence-corrected chi connectivity index (χ4v) is 3.84. The number of likely N-dealkylation sites (tertiary alicyclic amines) is 1. The van der Waals surface area contributed by atoms with Gasteiger partial charge in [-0.25, -0.2) is 9.97 Å². The van der Waals surface area contributed by atoms with Crippen LogP contribution in [0.4, 0.5) is 5.95 Å². The van der Waals surface area contributed by atoms with Crippen molar-refractivity contribution in [2.75, 3.05) is 51.1 Å². The second kappa shape index (κ2) is 9.28. The number of anilines is 1. The molecule has 0 aromatic carbocycles. The molecule has 2 aliphatic rings. The highest BCUT2D eigenvalue weighted by molar-refractivity contribution is 5.81. The van der Waals surface area contributed by atoms with Gasteiger partial charge in [-0.15, -0.1) is 0 Å². The van der Waals surface area contributed by atoms with E-state index in [0.717, 1.165) is 64.3 Å². The maximum absolute atomic E-state index is 12.8. The van der Waals surface area contributed by atoms with E-state index in [4.69, 9.17) is 0 Å². The molecule has 1 amide bonds. The monoisotopic (exact) mass is 360 g/mol. The third kappa shape index (κ3) is 4.92. The summed E-state index contributed by atoms with van der Waals surface area (Å²) in [7, 11) is 0. The highest BCUT2D eigenvalue weighted by Gasteiger charge is 2.28. The van der Waals surface area contributed by atoms with Crippen LogP contribution in [0.15, 0.2) is 12.4 Å². The Hall–Kier alpha value is -1.73. The Labute approximate surface area is 156 Å². The number of hydrogen-bond donors (Lipinski definition) is 1. The van der Waals surface area contributed by atoms with E-state index in [1.54, 1.807) is 0 Å². The predicted octanol–water partition coefficient (Wildman–Crippen LogP) is 1.43. The average molecular weight is 361 g/mol. The molecule has 26 heavy (non-hydrogen) atoms. The number of amides is 1. The van der Waals surface area contributed by atoms with Crippen molar-refractivity contribution in [2.45, 2.75) is 45.7 Å². The van der Waals surface area contributed by atoms with Gasteiger partial charge in [0.2, 0.25) is 11.9 Å². The molecule has 0 bridgehead atoms. The summed E-state index contributed by atoms with van der Waals surface area (Å²) in [5.41, 5.74) is 1.12. The zero-order valence-electron chi connectivity index (χ0n) is 16.2. The first-order valence-electron chi connectivity index (χ1n) is 9.97. The van der Waals surface area contributed by atoms with Crippen molar-refractivity contribution in [1.82, 2.24) is 24.7 Å². The summed E-state index contributed by atoms with van der Waals surface area (Å²) >= 11 is 0. The molecular weight excluding hydrogens is 328 g/mol. The fourth-order valence-electron chi connectivity index (χ4n) is 3.84. The molecule has 3 heterocycles. The predicted molar refractivity (Wildman–Crippen MR) is 103 cm³/mol. The van der Waals surface area contributed by atoms with Crippen molar-refractivity contribution >= 4 is 11.9 Å². The Morgan fingerprint density at radius 1 is 1.08 bits per heavy atom. The largest absolute Gasteiger partial charge is 0.355 e. The summed E-state index contributed by atoms with van der Waals surface area (Å²) in [6.45, 7) is 11.5. The van der Waals surface area contributed by atoms with Crippen molar-refractivity contribution in [2.24, 2.45) is 0 Å². The molecule has 0 saturated carbocycles. The van der Waals surface area contributed by atoms with Gasteiger partial charge in [0, 0.05) is 57.2 Å². The normalized spacial score (nSPS) is 20.8. The molecule has 2 saturated heterocycles. The van der Waals surface area contributed by atoms with Gasteiger partial charge in [-0.05, 0) is 46.2 Å². The first kappa shape index (κ1) is 19.0. The smallest absolute Gasteiger partial charge is 0.239 e. The van der Waals surface area contributed by atoms with Crippen molar-refractivity contribution in [3.05, 3.63) is 18.0 Å². The summed E-state index contributed by atoms with van der Waals surface area (Å²) in [5, 5.41) is 3.12. The molecule has 0 spiro atoms. The van der Waals surface area contributed by atoms with E-state index >= 15 is 0 Å². The van der Waals surface area contributed by atoms with E-state index in [2.05, 4.69) is 36.9 Å². The van der Waals surface area contributed by atoms with Gasteiger partial charge in [0.1, 0.15) is 0 Å². The third-order valence-electron chi connectivity index (χ3n) is 5.39. The minimum absolute atomic E-state index is 0.0241. The highest BCUT2D eigenvalue weighted by atomic mass is 16.2. The van der Waals surface area contributed by atoms with Crippen LogP contribution in [0, 0.1) is 0 Å². The van der Waals surface area contributed by atoms with Crippen molar-refractivity contribution in [3.8, 4) is 0 Å². The molecule has 144 valence electrons. The van der Waals surface area contributed by atoms with Crippen molar-refractivity contribution in [3.63, 3.8) is 0 Å². The highest BCUT2D eigenvalue weighted by Crippen LogP contribution is 2.15. The van der Waals surface area contributed by atoms with Crippen LogP contribution in [-0.4, -0.2) is 82.4 Å². The zero-order chi connectivity index (χ0) is 18.4. The van der Waals surface area contributed by atoms with Crippen LogP contribution >= 0.6 is 0 Å². The summed E-state index contributed by atoms with van der Waals surface area (Å²) in [6.07, 6.45) is 7.26. The third-order valence-corrected chi connectivity index (χ3v) is 5.39. The molecule has 1 atom stereocenters. The summed E-state index contributed by atoms with van der Waals surface area (Å²) in [4.78, 5) is 28.3. The number of aromatic nitrogens is 2. The molecule has 1 aromatic heterocycles. The molecule has 0 aliphatic carbocycles. The molecule has 1 aromatic rings. The fraction of sp³-hybridized carbons (Fsp3) is 0.737. The molecule has 2 fully saturated rings. The van der Waals surface area contributed by atoms with E-state index in [9.17, 15) is 4.79 Å². The minimum Gasteiger partial charge on any atom is -0.355 e. The number of nitrogens with one attached hydrogen (secondary N) is 1. The van der Waals surface area contributed by atoms with E-state index in [-0.39, 0.29) is 6.04 Å². The van der Waals surface area contributed by atoms with Gasteiger partial charge in [0.05, 0.1) is 6.04 Å². The van der Waals surface area contributed by atoms with Gasteiger partial charge in [0.15, 0.2) is 0 Å². The van der Waals surface area contributed by atoms with Crippen molar-refractivity contribution < 1.29 is 4.79 Å². The van der Waals surface area contributed by atoms with Gasteiger partial charge >= 0.3 is 0 Å². The second-order valence-corrected chi connectivity index (χ2v) is 7.32. The van der Waals surface area contributed by atoms with E-state index < -0.39 is 0 Å². The first-order valence-corrected chi connectivity index (χ1v) is 9.97. The Balaban J connectivity index is 1.50. The Morgan fingerprint density at radius 2 is 1.81 bits per heavy atom. The molecule has 7 heteroatoms. The van der Waals surface area contributed by atoms with Crippen molar-refractivity contribution in [1.29, 1.82) is 0 Å². The maximum atomic E-state index is 12.8. The van der Waals surface area contributed by atoms with Crippen LogP contribution in [0.1, 0.15) is 38.7 Å². The number of carbonyl (C=O) groups is 1. The average Bonchev–Trinajstić information content (AvgIpc) is 3.10. The summed E-state index contributed by atoms with van der Waals surface area (Å²) in [6, 6.07) is 0.0241. The number of carbonyl (C=O) groups excluding carboxylic acids is 1. The van der Waals surface area contributed by atoms with Crippen LogP contribution in [0.2, 0.25) is 0 Å². The molecule has 1 N–H and O–H groups in total. The van der Waals surface area contributed by atoms with E-state index in [1.807, 2.05) is 19.3 Å². The Morgan fingerprint density at radius 3 is 2.50 bits per heavy atom. The molecular formula is C19H32N6O. The SMILES string of the molecule is CCNc1ncc(CN2CCCN(C(=O)C(C)N3CCCC3)CC2)cn1. The summed E-state index contributed by atoms with van der Waals surface area (Å²) < 4.78 is 0. The number of hydrogen-bond acceptors (Lipinski definition) is 6. The van der Waals surface area contributed by atoms with Gasteiger partial charge in [0.25, 0.3) is 0 Å². The van der Waals surface area contributed by atoms with Gasteiger partial charge < -0.3 is 10.2 Å². The zero-order valence-corrected chi connectivity index (χ0v) is 16.2. The lowest BCUT2D eigenvalue weighted by Crippen LogP contribution is -2.47. The van der Waals surface area contributed by atoms with Crippen LogP contribution in [0.25, 0.3) is 0 Å². The molecule has 1 unspecified atom stereocenters. The summed E-state index contributed by atoms with van der Waals surface area (Å²) in [5.74, 6) is 0.979. The van der Waals surface area contributed by atoms with E-state index in [0.29, 0.717) is 11.9 Å². The van der Waals surface area contributed by atoms with Crippen LogP contribution in [0.3, 0.4) is 0 Å². The quantitative estimate of drug-likeness (QED) is 0.828. The maximum Gasteiger partial charge on any atom is 0.239 e. The molecule has 2 aliphatic heterocycles. The molecule has 7 nitrogen and oxygen atoms in total.